The summed E-state index contributed by atoms with van der Waals surface area (Å²) in [6, 6.07) is 1.94. The highest BCUT2D eigenvalue weighted by Crippen LogP contribution is 2.28. The zero-order valence-electron chi connectivity index (χ0n) is 13.2. The SMILES string of the molecule is CCOC(=O)C(CC(C)C)c1nc2cnccc2n1CC. The Bertz CT molecular complexity index is 619. The first-order valence-electron chi connectivity index (χ1n) is 7.55. The molecule has 0 aromatic carbocycles. The summed E-state index contributed by atoms with van der Waals surface area (Å²) in [5.41, 5.74) is 1.84. The summed E-state index contributed by atoms with van der Waals surface area (Å²) in [7, 11) is 0. The van der Waals surface area contributed by atoms with Gasteiger partial charge < -0.3 is 9.30 Å². The molecule has 0 bridgehead atoms. The number of nitrogens with zero attached hydrogens (tertiary/aromatic N) is 3. The zero-order chi connectivity index (χ0) is 15.4. The highest BCUT2D eigenvalue weighted by atomic mass is 16.5. The molecule has 2 aromatic heterocycles. The van der Waals surface area contributed by atoms with E-state index < -0.39 is 0 Å². The van der Waals surface area contributed by atoms with Crippen molar-refractivity contribution >= 4 is 17.0 Å². The molecule has 0 fully saturated rings. The second-order valence-electron chi connectivity index (χ2n) is 5.51. The minimum atomic E-state index is -0.322. The van der Waals surface area contributed by atoms with Gasteiger partial charge in [-0.2, -0.15) is 0 Å². The van der Waals surface area contributed by atoms with Crippen LogP contribution in [0.25, 0.3) is 11.0 Å². The Morgan fingerprint density at radius 2 is 2.14 bits per heavy atom. The average molecular weight is 289 g/mol. The van der Waals surface area contributed by atoms with Gasteiger partial charge in [-0.15, -0.1) is 0 Å². The van der Waals surface area contributed by atoms with Crippen LogP contribution in [0.1, 0.15) is 45.9 Å². The molecular formula is C16H23N3O2. The summed E-state index contributed by atoms with van der Waals surface area (Å²) in [6.07, 6.45) is 4.22. The fourth-order valence-corrected chi connectivity index (χ4v) is 2.62. The molecule has 5 heteroatoms. The number of carbonyl (C=O) groups excluding carboxylic acids is 1. The van der Waals surface area contributed by atoms with E-state index in [9.17, 15) is 4.79 Å². The Hall–Kier alpha value is -1.91. The molecule has 0 N–H and O–H groups in total. The number of fused-ring (bicyclic) bond motifs is 1. The highest BCUT2D eigenvalue weighted by Gasteiger charge is 2.28. The molecule has 2 rings (SSSR count). The molecule has 0 aliphatic heterocycles. The van der Waals surface area contributed by atoms with Crippen LogP contribution < -0.4 is 0 Å². The number of ether oxygens (including phenoxy) is 1. The number of pyridine rings is 1. The Kier molecular flexibility index (Phi) is 4.94. The fourth-order valence-electron chi connectivity index (χ4n) is 2.62. The predicted molar refractivity (Wildman–Crippen MR) is 82.0 cm³/mol. The third-order valence-electron chi connectivity index (χ3n) is 3.49. The van der Waals surface area contributed by atoms with E-state index in [0.29, 0.717) is 12.5 Å². The number of aromatic nitrogens is 3. The van der Waals surface area contributed by atoms with E-state index in [2.05, 4.69) is 35.3 Å². The molecule has 114 valence electrons. The normalized spacial score (nSPS) is 12.8. The van der Waals surface area contributed by atoms with Gasteiger partial charge in [0.25, 0.3) is 0 Å². The second-order valence-corrected chi connectivity index (χ2v) is 5.51. The van der Waals surface area contributed by atoms with Crippen molar-refractivity contribution in [2.24, 2.45) is 5.92 Å². The van der Waals surface area contributed by atoms with Crippen molar-refractivity contribution in [2.75, 3.05) is 6.61 Å². The lowest BCUT2D eigenvalue weighted by molar-refractivity contribution is -0.145. The molecule has 0 aliphatic carbocycles. The lowest BCUT2D eigenvalue weighted by atomic mass is 9.96. The van der Waals surface area contributed by atoms with E-state index >= 15 is 0 Å². The number of hydrogen-bond donors (Lipinski definition) is 0. The van der Waals surface area contributed by atoms with Crippen molar-refractivity contribution in [3.8, 4) is 0 Å². The smallest absolute Gasteiger partial charge is 0.316 e. The van der Waals surface area contributed by atoms with Gasteiger partial charge >= 0.3 is 5.97 Å². The van der Waals surface area contributed by atoms with Crippen LogP contribution >= 0.6 is 0 Å². The second kappa shape index (κ2) is 6.70. The van der Waals surface area contributed by atoms with Crippen LogP contribution in [-0.4, -0.2) is 27.1 Å². The van der Waals surface area contributed by atoms with Gasteiger partial charge in [0.05, 0.1) is 18.3 Å². The Balaban J connectivity index is 2.50. The van der Waals surface area contributed by atoms with Gasteiger partial charge in [-0.1, -0.05) is 13.8 Å². The summed E-state index contributed by atoms with van der Waals surface area (Å²) < 4.78 is 7.33. The molecule has 0 saturated carbocycles. The van der Waals surface area contributed by atoms with E-state index in [1.54, 1.807) is 12.4 Å². The number of imidazole rings is 1. The topological polar surface area (TPSA) is 57.0 Å². The van der Waals surface area contributed by atoms with Gasteiger partial charge in [0.1, 0.15) is 17.3 Å². The van der Waals surface area contributed by atoms with Crippen molar-refractivity contribution in [3.63, 3.8) is 0 Å². The standard InChI is InChI=1S/C16H23N3O2/c1-5-19-14-7-8-17-10-13(14)18-15(19)12(9-11(3)4)16(20)21-6-2/h7-8,10-12H,5-6,9H2,1-4H3. The van der Waals surface area contributed by atoms with Crippen LogP contribution in [0, 0.1) is 5.92 Å². The number of aryl methyl sites for hydroxylation is 1. The maximum Gasteiger partial charge on any atom is 0.316 e. The maximum atomic E-state index is 12.3. The summed E-state index contributed by atoms with van der Waals surface area (Å²) in [5.74, 6) is 0.664. The number of esters is 1. The quantitative estimate of drug-likeness (QED) is 0.767. The number of rotatable bonds is 6. The van der Waals surface area contributed by atoms with Crippen LogP contribution in [-0.2, 0) is 16.1 Å². The van der Waals surface area contributed by atoms with Crippen molar-refractivity contribution in [2.45, 2.75) is 46.6 Å². The summed E-state index contributed by atoms with van der Waals surface area (Å²) >= 11 is 0. The molecule has 21 heavy (non-hydrogen) atoms. The first-order chi connectivity index (χ1) is 10.1. The molecule has 0 aliphatic rings. The molecule has 2 heterocycles. The summed E-state index contributed by atoms with van der Waals surface area (Å²) in [6.45, 7) is 9.25. The Morgan fingerprint density at radius 3 is 2.76 bits per heavy atom. The molecule has 0 amide bonds. The van der Waals surface area contributed by atoms with Crippen LogP contribution in [0.4, 0.5) is 0 Å². The first kappa shape index (κ1) is 15.5. The molecule has 2 aromatic rings. The third kappa shape index (κ3) is 3.23. The average Bonchev–Trinajstić information content (AvgIpc) is 2.82. The van der Waals surface area contributed by atoms with Gasteiger partial charge in [0.15, 0.2) is 0 Å². The minimum Gasteiger partial charge on any atom is -0.465 e. The molecule has 1 atom stereocenters. The fraction of sp³-hybridized carbons (Fsp3) is 0.562. The molecular weight excluding hydrogens is 266 g/mol. The van der Waals surface area contributed by atoms with Gasteiger partial charge in [0, 0.05) is 12.7 Å². The van der Waals surface area contributed by atoms with Crippen molar-refractivity contribution in [1.82, 2.24) is 14.5 Å². The highest BCUT2D eigenvalue weighted by molar-refractivity contribution is 5.81. The van der Waals surface area contributed by atoms with Crippen molar-refractivity contribution in [1.29, 1.82) is 0 Å². The van der Waals surface area contributed by atoms with Crippen LogP contribution in [0.3, 0.4) is 0 Å². The van der Waals surface area contributed by atoms with Gasteiger partial charge in [-0.25, -0.2) is 4.98 Å². The third-order valence-corrected chi connectivity index (χ3v) is 3.49. The van der Waals surface area contributed by atoms with Crippen LogP contribution in [0.15, 0.2) is 18.5 Å². The zero-order valence-corrected chi connectivity index (χ0v) is 13.2. The van der Waals surface area contributed by atoms with E-state index in [1.165, 1.54) is 0 Å². The lowest BCUT2D eigenvalue weighted by Gasteiger charge is -2.18. The van der Waals surface area contributed by atoms with E-state index in [0.717, 1.165) is 29.8 Å². The van der Waals surface area contributed by atoms with Crippen LogP contribution in [0.2, 0.25) is 0 Å². The Labute approximate surface area is 125 Å². The van der Waals surface area contributed by atoms with Crippen molar-refractivity contribution in [3.05, 3.63) is 24.3 Å². The number of carbonyl (C=O) groups is 1. The molecule has 0 radical (unpaired) electrons. The van der Waals surface area contributed by atoms with Gasteiger partial charge in [-0.3, -0.25) is 9.78 Å². The predicted octanol–water partition coefficient (Wildman–Crippen LogP) is 3.14. The lowest BCUT2D eigenvalue weighted by Crippen LogP contribution is -2.21. The Morgan fingerprint density at radius 1 is 1.38 bits per heavy atom. The maximum absolute atomic E-state index is 12.3. The van der Waals surface area contributed by atoms with Gasteiger partial charge in [0.2, 0.25) is 0 Å². The van der Waals surface area contributed by atoms with Gasteiger partial charge in [-0.05, 0) is 32.3 Å². The summed E-state index contributed by atoms with van der Waals surface area (Å²) in [5, 5.41) is 0. The van der Waals surface area contributed by atoms with E-state index in [-0.39, 0.29) is 11.9 Å². The first-order valence-corrected chi connectivity index (χ1v) is 7.55. The molecule has 0 saturated heterocycles. The molecule has 5 nitrogen and oxygen atoms in total. The molecule has 1 unspecified atom stereocenters. The minimum absolute atomic E-state index is 0.191. The van der Waals surface area contributed by atoms with Crippen molar-refractivity contribution < 1.29 is 9.53 Å². The van der Waals surface area contributed by atoms with Crippen LogP contribution in [0.5, 0.6) is 0 Å². The van der Waals surface area contributed by atoms with E-state index in [4.69, 9.17) is 4.74 Å². The molecule has 0 spiro atoms. The largest absolute Gasteiger partial charge is 0.465 e. The van der Waals surface area contributed by atoms with E-state index in [1.807, 2.05) is 13.0 Å². The number of hydrogen-bond acceptors (Lipinski definition) is 4. The monoisotopic (exact) mass is 289 g/mol. The summed E-state index contributed by atoms with van der Waals surface area (Å²) in [4.78, 5) is 21.1.